The molecule has 0 amide bonds. The number of nitrogens with zero attached hydrogens (tertiary/aromatic N) is 5. The van der Waals surface area contributed by atoms with Crippen molar-refractivity contribution in [3.63, 3.8) is 0 Å². The number of hydrogen-bond donors (Lipinski definition) is 2. The van der Waals surface area contributed by atoms with Crippen molar-refractivity contribution in [2.45, 2.75) is 26.7 Å². The summed E-state index contributed by atoms with van der Waals surface area (Å²) in [5.74, 6) is 1.49. The summed E-state index contributed by atoms with van der Waals surface area (Å²) < 4.78 is 5.35. The Morgan fingerprint density at radius 3 is 2.57 bits per heavy atom. The molecule has 0 aromatic carbocycles. The van der Waals surface area contributed by atoms with Gasteiger partial charge in [-0.05, 0) is 31.2 Å². The summed E-state index contributed by atoms with van der Waals surface area (Å²) in [7, 11) is 0. The van der Waals surface area contributed by atoms with Gasteiger partial charge < -0.3 is 20.7 Å². The Morgan fingerprint density at radius 2 is 1.93 bits per heavy atom. The molecule has 10 heteroatoms. The molecule has 0 radical (unpaired) electrons. The Bertz CT molecular complexity index is 671. The highest BCUT2D eigenvalue weighted by Gasteiger charge is 2.31. The van der Waals surface area contributed by atoms with E-state index in [1.54, 1.807) is 0 Å². The molecule has 2 aliphatic rings. The van der Waals surface area contributed by atoms with E-state index in [0.717, 1.165) is 58.8 Å². The number of nitro groups is 1. The summed E-state index contributed by atoms with van der Waals surface area (Å²) in [6, 6.07) is 0. The van der Waals surface area contributed by atoms with Crippen LogP contribution >= 0.6 is 0 Å². The van der Waals surface area contributed by atoms with Crippen LogP contribution in [0.4, 0.5) is 23.3 Å². The highest BCUT2D eigenvalue weighted by Crippen LogP contribution is 2.35. The molecule has 2 atom stereocenters. The molecule has 3 N–H and O–H groups in total. The van der Waals surface area contributed by atoms with Crippen LogP contribution in [0.15, 0.2) is 0 Å². The van der Waals surface area contributed by atoms with Gasteiger partial charge in [-0.3, -0.25) is 15.0 Å². The Balaban J connectivity index is 1.68. The molecule has 1 aromatic rings. The van der Waals surface area contributed by atoms with Crippen LogP contribution < -0.4 is 16.0 Å². The van der Waals surface area contributed by atoms with Crippen molar-refractivity contribution in [3.8, 4) is 0 Å². The molecule has 0 aliphatic carbocycles. The number of hydrogen-bond acceptors (Lipinski definition) is 9. The lowest BCUT2D eigenvalue weighted by Gasteiger charge is -2.35. The van der Waals surface area contributed by atoms with E-state index >= 15 is 0 Å². The SMILES string of the molecule is C[C@@H]1C[C@H](C)CN(c2nc(NCCCN3CCOCC3)nc(N)c2[N+](=O)[O-])C1. The molecule has 10 nitrogen and oxygen atoms in total. The molecule has 3 rings (SSSR count). The first kappa shape index (κ1) is 20.5. The normalized spacial score (nSPS) is 23.6. The van der Waals surface area contributed by atoms with Crippen LogP contribution in [0.5, 0.6) is 0 Å². The minimum Gasteiger partial charge on any atom is -0.379 e. The summed E-state index contributed by atoms with van der Waals surface area (Å²) in [6.45, 7) is 10.9. The van der Waals surface area contributed by atoms with Crippen LogP contribution in [0.25, 0.3) is 0 Å². The Kier molecular flexibility index (Phi) is 6.84. The lowest BCUT2D eigenvalue weighted by atomic mass is 9.92. The first-order chi connectivity index (χ1) is 13.4. The van der Waals surface area contributed by atoms with Gasteiger partial charge in [-0.15, -0.1) is 0 Å². The quantitative estimate of drug-likeness (QED) is 0.404. The average molecular weight is 393 g/mol. The van der Waals surface area contributed by atoms with Gasteiger partial charge in [0.05, 0.1) is 18.1 Å². The first-order valence-electron chi connectivity index (χ1n) is 10.0. The van der Waals surface area contributed by atoms with Gasteiger partial charge in [0, 0.05) is 32.7 Å². The fourth-order valence-corrected chi connectivity index (χ4v) is 4.10. The second-order valence-corrected chi connectivity index (χ2v) is 7.95. The van der Waals surface area contributed by atoms with Crippen LogP contribution in [-0.4, -0.2) is 72.3 Å². The van der Waals surface area contributed by atoms with Crippen molar-refractivity contribution >= 4 is 23.3 Å². The number of nitrogens with two attached hydrogens (primary N) is 1. The minimum absolute atomic E-state index is 0.0865. The van der Waals surface area contributed by atoms with E-state index in [1.807, 2.05) is 4.90 Å². The Morgan fingerprint density at radius 1 is 1.25 bits per heavy atom. The summed E-state index contributed by atoms with van der Waals surface area (Å²) in [6.07, 6.45) is 2.03. The number of ether oxygens (including phenoxy) is 1. The monoisotopic (exact) mass is 393 g/mol. The average Bonchev–Trinajstić information content (AvgIpc) is 2.64. The maximum Gasteiger partial charge on any atom is 0.353 e. The molecular formula is C18H31N7O3. The van der Waals surface area contributed by atoms with Crippen molar-refractivity contribution in [1.82, 2.24) is 14.9 Å². The highest BCUT2D eigenvalue weighted by atomic mass is 16.6. The lowest BCUT2D eigenvalue weighted by molar-refractivity contribution is -0.383. The summed E-state index contributed by atoms with van der Waals surface area (Å²) >= 11 is 0. The van der Waals surface area contributed by atoms with E-state index in [1.165, 1.54) is 0 Å². The first-order valence-corrected chi connectivity index (χ1v) is 10.0. The molecule has 0 spiro atoms. The van der Waals surface area contributed by atoms with E-state index in [4.69, 9.17) is 10.5 Å². The summed E-state index contributed by atoms with van der Waals surface area (Å²) in [5, 5.41) is 14.8. The fourth-order valence-electron chi connectivity index (χ4n) is 4.10. The van der Waals surface area contributed by atoms with Crippen LogP contribution in [0, 0.1) is 22.0 Å². The predicted octanol–water partition coefficient (Wildman–Crippen LogP) is 1.58. The van der Waals surface area contributed by atoms with Gasteiger partial charge in [-0.25, -0.2) is 0 Å². The number of nitrogens with one attached hydrogen (secondary N) is 1. The van der Waals surface area contributed by atoms with Crippen LogP contribution in [0.1, 0.15) is 26.7 Å². The van der Waals surface area contributed by atoms with Gasteiger partial charge in [-0.1, -0.05) is 13.8 Å². The van der Waals surface area contributed by atoms with Crippen LogP contribution in [-0.2, 0) is 4.74 Å². The third-order valence-corrected chi connectivity index (χ3v) is 5.28. The van der Waals surface area contributed by atoms with E-state index in [9.17, 15) is 10.1 Å². The molecule has 2 fully saturated rings. The standard InChI is InChI=1S/C18H31N7O3/c1-13-10-14(2)12-24(11-13)17-15(25(26)27)16(19)21-18(22-17)20-4-3-5-23-6-8-28-9-7-23/h13-14H,3-12H2,1-2H3,(H3,19,20,21,22)/t13-,14+. The topological polar surface area (TPSA) is 123 Å². The lowest BCUT2D eigenvalue weighted by Crippen LogP contribution is -2.39. The van der Waals surface area contributed by atoms with Crippen LogP contribution in [0.3, 0.4) is 0 Å². The van der Waals surface area contributed by atoms with Gasteiger partial charge in [0.2, 0.25) is 17.6 Å². The largest absolute Gasteiger partial charge is 0.379 e. The molecule has 0 bridgehead atoms. The Hall–Kier alpha value is -2.20. The van der Waals surface area contributed by atoms with Crippen molar-refractivity contribution < 1.29 is 9.66 Å². The zero-order valence-corrected chi connectivity index (χ0v) is 16.8. The second-order valence-electron chi connectivity index (χ2n) is 7.95. The van der Waals surface area contributed by atoms with Gasteiger partial charge in [-0.2, -0.15) is 9.97 Å². The number of morpholine rings is 1. The molecule has 2 saturated heterocycles. The molecule has 1 aromatic heterocycles. The summed E-state index contributed by atoms with van der Waals surface area (Å²) in [5.41, 5.74) is 5.74. The van der Waals surface area contributed by atoms with Gasteiger partial charge >= 0.3 is 5.69 Å². The number of nitrogen functional groups attached to an aromatic ring is 1. The molecule has 156 valence electrons. The molecule has 0 unspecified atom stereocenters. The zero-order valence-electron chi connectivity index (χ0n) is 16.8. The third-order valence-electron chi connectivity index (χ3n) is 5.28. The van der Waals surface area contributed by atoms with E-state index in [0.29, 0.717) is 30.1 Å². The predicted molar refractivity (Wildman–Crippen MR) is 109 cm³/mol. The van der Waals surface area contributed by atoms with E-state index in [-0.39, 0.29) is 11.5 Å². The number of anilines is 3. The van der Waals surface area contributed by atoms with Crippen molar-refractivity contribution in [2.75, 3.05) is 68.4 Å². The van der Waals surface area contributed by atoms with Gasteiger partial charge in [0.15, 0.2) is 0 Å². The maximum absolute atomic E-state index is 11.6. The smallest absolute Gasteiger partial charge is 0.353 e. The van der Waals surface area contributed by atoms with Gasteiger partial charge in [0.25, 0.3) is 0 Å². The molecule has 3 heterocycles. The number of rotatable bonds is 7. The summed E-state index contributed by atoms with van der Waals surface area (Å²) in [4.78, 5) is 24.0. The number of aromatic nitrogens is 2. The van der Waals surface area contributed by atoms with Crippen molar-refractivity contribution in [3.05, 3.63) is 10.1 Å². The maximum atomic E-state index is 11.6. The zero-order chi connectivity index (χ0) is 20.1. The fraction of sp³-hybridized carbons (Fsp3) is 0.778. The minimum atomic E-state index is -0.475. The number of piperidine rings is 1. The highest BCUT2D eigenvalue weighted by molar-refractivity contribution is 5.71. The van der Waals surface area contributed by atoms with E-state index < -0.39 is 4.92 Å². The molecular weight excluding hydrogens is 362 g/mol. The molecule has 28 heavy (non-hydrogen) atoms. The van der Waals surface area contributed by atoms with Crippen molar-refractivity contribution in [2.24, 2.45) is 11.8 Å². The second kappa shape index (κ2) is 9.33. The Labute approximate surface area is 165 Å². The molecule has 0 saturated carbocycles. The molecule has 2 aliphatic heterocycles. The third kappa shape index (κ3) is 5.20. The van der Waals surface area contributed by atoms with E-state index in [2.05, 4.69) is 34.0 Å². The van der Waals surface area contributed by atoms with Gasteiger partial charge in [0.1, 0.15) is 0 Å². The van der Waals surface area contributed by atoms with Crippen molar-refractivity contribution in [1.29, 1.82) is 0 Å². The van der Waals surface area contributed by atoms with Crippen LogP contribution in [0.2, 0.25) is 0 Å².